The molecular formula is C17H14O3. The van der Waals surface area contributed by atoms with Gasteiger partial charge in [-0.15, -0.1) is 0 Å². The SMILES string of the molecule is O=C1OC(C2C=CCC2)Oc2ccc3ccccc3c21. The van der Waals surface area contributed by atoms with Crippen molar-refractivity contribution in [3.8, 4) is 5.75 Å². The Bertz CT molecular complexity index is 717. The van der Waals surface area contributed by atoms with Gasteiger partial charge in [0.2, 0.25) is 0 Å². The van der Waals surface area contributed by atoms with Crippen molar-refractivity contribution in [3.05, 3.63) is 54.1 Å². The van der Waals surface area contributed by atoms with Crippen LogP contribution in [0.5, 0.6) is 5.75 Å². The molecule has 2 unspecified atom stereocenters. The number of hydrogen-bond acceptors (Lipinski definition) is 3. The van der Waals surface area contributed by atoms with Crippen molar-refractivity contribution in [1.29, 1.82) is 0 Å². The monoisotopic (exact) mass is 266 g/mol. The molecule has 0 radical (unpaired) electrons. The van der Waals surface area contributed by atoms with E-state index in [2.05, 4.69) is 12.2 Å². The van der Waals surface area contributed by atoms with E-state index in [0.717, 1.165) is 23.6 Å². The molecule has 1 heterocycles. The molecule has 2 aromatic rings. The number of cyclic esters (lactones) is 1. The number of carbonyl (C=O) groups excluding carboxylic acids is 1. The molecular weight excluding hydrogens is 252 g/mol. The van der Waals surface area contributed by atoms with Crippen molar-refractivity contribution in [2.24, 2.45) is 5.92 Å². The second kappa shape index (κ2) is 4.37. The number of fused-ring (bicyclic) bond motifs is 3. The highest BCUT2D eigenvalue weighted by Gasteiger charge is 2.34. The van der Waals surface area contributed by atoms with Gasteiger partial charge >= 0.3 is 5.97 Å². The van der Waals surface area contributed by atoms with Gasteiger partial charge in [-0.1, -0.05) is 42.5 Å². The van der Waals surface area contributed by atoms with Gasteiger partial charge in [0.25, 0.3) is 6.29 Å². The van der Waals surface area contributed by atoms with Crippen LogP contribution in [0.2, 0.25) is 0 Å². The molecule has 2 atom stereocenters. The smallest absolute Gasteiger partial charge is 0.345 e. The van der Waals surface area contributed by atoms with Crippen molar-refractivity contribution in [1.82, 2.24) is 0 Å². The Balaban J connectivity index is 1.79. The van der Waals surface area contributed by atoms with E-state index in [1.807, 2.05) is 36.4 Å². The summed E-state index contributed by atoms with van der Waals surface area (Å²) in [5.41, 5.74) is 0.543. The topological polar surface area (TPSA) is 35.5 Å². The second-order valence-corrected chi connectivity index (χ2v) is 5.22. The van der Waals surface area contributed by atoms with Gasteiger partial charge in [0.1, 0.15) is 11.3 Å². The first-order valence-electron chi connectivity index (χ1n) is 6.89. The fourth-order valence-corrected chi connectivity index (χ4v) is 2.93. The van der Waals surface area contributed by atoms with Crippen LogP contribution in [-0.4, -0.2) is 12.3 Å². The average Bonchev–Trinajstić information content (AvgIpc) is 3.01. The quantitative estimate of drug-likeness (QED) is 0.583. The van der Waals surface area contributed by atoms with E-state index in [1.54, 1.807) is 0 Å². The Morgan fingerprint density at radius 1 is 1.05 bits per heavy atom. The highest BCUT2D eigenvalue weighted by molar-refractivity contribution is 6.07. The standard InChI is InChI=1S/C17H14O3/c18-16-15-13-8-4-3-5-11(13)9-10-14(15)19-17(20-16)12-6-1-2-7-12/h1,3-6,8-10,12,17H,2,7H2. The average molecular weight is 266 g/mol. The minimum atomic E-state index is -0.491. The third-order valence-corrected chi connectivity index (χ3v) is 3.96. The zero-order valence-electron chi connectivity index (χ0n) is 10.9. The van der Waals surface area contributed by atoms with Crippen molar-refractivity contribution in [2.45, 2.75) is 19.1 Å². The van der Waals surface area contributed by atoms with E-state index in [1.165, 1.54) is 0 Å². The molecule has 0 bridgehead atoms. The van der Waals surface area contributed by atoms with Crippen LogP contribution in [0.1, 0.15) is 23.2 Å². The molecule has 0 aromatic heterocycles. The summed E-state index contributed by atoms with van der Waals surface area (Å²) in [6, 6.07) is 11.6. The lowest BCUT2D eigenvalue weighted by atomic mass is 10.0. The van der Waals surface area contributed by atoms with Gasteiger partial charge in [-0.25, -0.2) is 4.79 Å². The fraction of sp³-hybridized carbons (Fsp3) is 0.235. The van der Waals surface area contributed by atoms with E-state index in [0.29, 0.717) is 11.3 Å². The van der Waals surface area contributed by atoms with E-state index in [4.69, 9.17) is 9.47 Å². The first-order chi connectivity index (χ1) is 9.83. The second-order valence-electron chi connectivity index (χ2n) is 5.22. The van der Waals surface area contributed by atoms with Crippen molar-refractivity contribution >= 4 is 16.7 Å². The molecule has 0 amide bonds. The Morgan fingerprint density at radius 2 is 1.95 bits per heavy atom. The maximum absolute atomic E-state index is 12.3. The van der Waals surface area contributed by atoms with Gasteiger partial charge in [-0.05, 0) is 29.7 Å². The summed E-state index contributed by atoms with van der Waals surface area (Å²) >= 11 is 0. The van der Waals surface area contributed by atoms with Gasteiger partial charge in [0.05, 0.1) is 5.92 Å². The Morgan fingerprint density at radius 3 is 2.80 bits per heavy atom. The molecule has 100 valence electrons. The van der Waals surface area contributed by atoms with Crippen LogP contribution < -0.4 is 4.74 Å². The van der Waals surface area contributed by atoms with Crippen LogP contribution in [0, 0.1) is 5.92 Å². The molecule has 2 aliphatic rings. The van der Waals surface area contributed by atoms with E-state index >= 15 is 0 Å². The number of benzene rings is 2. The molecule has 1 aliphatic heterocycles. The number of ether oxygens (including phenoxy) is 2. The number of allylic oxidation sites excluding steroid dienone is 1. The molecule has 0 saturated carbocycles. The normalized spacial score (nSPS) is 24.3. The zero-order chi connectivity index (χ0) is 13.5. The number of esters is 1. The molecule has 3 nitrogen and oxygen atoms in total. The third-order valence-electron chi connectivity index (χ3n) is 3.96. The molecule has 1 aliphatic carbocycles. The highest BCUT2D eigenvalue weighted by atomic mass is 16.7. The summed E-state index contributed by atoms with van der Waals surface area (Å²) in [4.78, 5) is 12.3. The van der Waals surface area contributed by atoms with Crippen LogP contribution in [-0.2, 0) is 4.74 Å². The molecule has 3 heteroatoms. The van der Waals surface area contributed by atoms with Crippen molar-refractivity contribution < 1.29 is 14.3 Å². The molecule has 0 saturated heterocycles. The van der Waals surface area contributed by atoms with E-state index in [-0.39, 0.29) is 11.9 Å². The van der Waals surface area contributed by atoms with Crippen LogP contribution in [0.15, 0.2) is 48.6 Å². The third kappa shape index (κ3) is 1.70. The summed E-state index contributed by atoms with van der Waals surface area (Å²) < 4.78 is 11.4. The van der Waals surface area contributed by atoms with Crippen LogP contribution in [0.3, 0.4) is 0 Å². The van der Waals surface area contributed by atoms with Gasteiger partial charge in [0, 0.05) is 0 Å². The summed E-state index contributed by atoms with van der Waals surface area (Å²) in [7, 11) is 0. The summed E-state index contributed by atoms with van der Waals surface area (Å²) in [6.07, 6.45) is 5.69. The molecule has 4 rings (SSSR count). The predicted octanol–water partition coefficient (Wildman–Crippen LogP) is 3.68. The molecule has 2 aromatic carbocycles. The predicted molar refractivity (Wildman–Crippen MR) is 75.6 cm³/mol. The van der Waals surface area contributed by atoms with E-state index < -0.39 is 6.29 Å². The van der Waals surface area contributed by atoms with Gasteiger partial charge in [0.15, 0.2) is 0 Å². The molecule has 20 heavy (non-hydrogen) atoms. The summed E-state index contributed by atoms with van der Waals surface area (Å²) in [5, 5.41) is 1.90. The van der Waals surface area contributed by atoms with Crippen LogP contribution in [0.25, 0.3) is 10.8 Å². The lowest BCUT2D eigenvalue weighted by Crippen LogP contribution is -2.35. The molecule has 0 fully saturated rings. The van der Waals surface area contributed by atoms with Crippen LogP contribution >= 0.6 is 0 Å². The highest BCUT2D eigenvalue weighted by Crippen LogP contribution is 2.36. The van der Waals surface area contributed by atoms with Gasteiger partial charge in [-0.3, -0.25) is 0 Å². The Hall–Kier alpha value is -2.29. The zero-order valence-corrected chi connectivity index (χ0v) is 10.9. The minimum absolute atomic E-state index is 0.165. The molecule has 0 N–H and O–H groups in total. The lowest BCUT2D eigenvalue weighted by molar-refractivity contribution is -0.0809. The molecule has 0 spiro atoms. The Labute approximate surface area is 116 Å². The fourth-order valence-electron chi connectivity index (χ4n) is 2.93. The number of rotatable bonds is 1. The Kier molecular flexibility index (Phi) is 2.52. The minimum Gasteiger partial charge on any atom is -0.453 e. The maximum atomic E-state index is 12.3. The maximum Gasteiger partial charge on any atom is 0.345 e. The lowest BCUT2D eigenvalue weighted by Gasteiger charge is -2.29. The van der Waals surface area contributed by atoms with E-state index in [9.17, 15) is 4.79 Å². The van der Waals surface area contributed by atoms with Gasteiger partial charge in [-0.2, -0.15) is 0 Å². The van der Waals surface area contributed by atoms with Crippen LogP contribution in [0.4, 0.5) is 0 Å². The van der Waals surface area contributed by atoms with Crippen molar-refractivity contribution in [2.75, 3.05) is 0 Å². The van der Waals surface area contributed by atoms with Gasteiger partial charge < -0.3 is 9.47 Å². The number of hydrogen-bond donors (Lipinski definition) is 0. The number of carbonyl (C=O) groups is 1. The summed E-state index contributed by atoms with van der Waals surface area (Å²) in [6.45, 7) is 0. The van der Waals surface area contributed by atoms with Crippen molar-refractivity contribution in [3.63, 3.8) is 0 Å². The summed E-state index contributed by atoms with van der Waals surface area (Å²) in [5.74, 6) is 0.511. The first-order valence-corrected chi connectivity index (χ1v) is 6.89. The first kappa shape index (κ1) is 11.5. The largest absolute Gasteiger partial charge is 0.453 e.